The highest BCUT2D eigenvalue weighted by atomic mass is 16.6. The lowest BCUT2D eigenvalue weighted by Gasteiger charge is -2.18. The zero-order valence-corrected chi connectivity index (χ0v) is 10.1. The quantitative estimate of drug-likeness (QED) is 0.581. The first-order valence-electron chi connectivity index (χ1n) is 5.17. The van der Waals surface area contributed by atoms with E-state index in [4.69, 9.17) is 20.1 Å². The van der Waals surface area contributed by atoms with Crippen LogP contribution in [-0.2, 0) is 19.0 Å². The van der Waals surface area contributed by atoms with Gasteiger partial charge in [0.25, 0.3) is 0 Å². The van der Waals surface area contributed by atoms with Crippen LogP contribution >= 0.6 is 0 Å². The molecule has 3 atom stereocenters. The highest BCUT2D eigenvalue weighted by Gasteiger charge is 2.08. The number of hydrogen-bond donors (Lipinski definition) is 1. The van der Waals surface area contributed by atoms with Gasteiger partial charge in [0, 0.05) is 7.11 Å². The second-order valence-corrected chi connectivity index (χ2v) is 3.67. The van der Waals surface area contributed by atoms with Gasteiger partial charge >= 0.3 is 0 Å². The SMILES string of the molecule is COC(C)COC(C)COC(C)CON. The van der Waals surface area contributed by atoms with Gasteiger partial charge in [-0.05, 0) is 20.8 Å². The monoisotopic (exact) mass is 221 g/mol. The van der Waals surface area contributed by atoms with Crippen molar-refractivity contribution in [2.75, 3.05) is 26.9 Å². The van der Waals surface area contributed by atoms with Crippen molar-refractivity contribution in [1.82, 2.24) is 0 Å². The molecule has 2 N–H and O–H groups in total. The minimum Gasteiger partial charge on any atom is -0.379 e. The lowest BCUT2D eigenvalue weighted by Crippen LogP contribution is -2.26. The van der Waals surface area contributed by atoms with Crippen molar-refractivity contribution in [2.24, 2.45) is 5.90 Å². The number of nitrogens with two attached hydrogens (primary N) is 1. The van der Waals surface area contributed by atoms with Crippen LogP contribution < -0.4 is 5.90 Å². The molecule has 0 amide bonds. The Kier molecular flexibility index (Phi) is 8.94. The molecule has 0 rings (SSSR count). The third-order valence-corrected chi connectivity index (χ3v) is 1.96. The minimum atomic E-state index is -0.0131. The molecule has 0 bridgehead atoms. The van der Waals surface area contributed by atoms with Gasteiger partial charge in [0.2, 0.25) is 0 Å². The van der Waals surface area contributed by atoms with Gasteiger partial charge in [-0.1, -0.05) is 0 Å². The lowest BCUT2D eigenvalue weighted by molar-refractivity contribution is -0.0748. The zero-order chi connectivity index (χ0) is 11.7. The molecule has 0 spiro atoms. The van der Waals surface area contributed by atoms with Gasteiger partial charge in [-0.15, -0.1) is 0 Å². The maximum atomic E-state index is 5.50. The molecule has 5 nitrogen and oxygen atoms in total. The summed E-state index contributed by atoms with van der Waals surface area (Å²) in [4.78, 5) is 4.47. The van der Waals surface area contributed by atoms with Crippen molar-refractivity contribution in [3.8, 4) is 0 Å². The van der Waals surface area contributed by atoms with Gasteiger partial charge in [-0.3, -0.25) is 0 Å². The van der Waals surface area contributed by atoms with E-state index < -0.39 is 0 Å². The maximum absolute atomic E-state index is 5.50. The van der Waals surface area contributed by atoms with Crippen molar-refractivity contribution in [3.63, 3.8) is 0 Å². The molecule has 15 heavy (non-hydrogen) atoms. The van der Waals surface area contributed by atoms with E-state index in [1.165, 1.54) is 0 Å². The highest BCUT2D eigenvalue weighted by molar-refractivity contribution is 4.54. The van der Waals surface area contributed by atoms with Crippen LogP contribution in [-0.4, -0.2) is 45.2 Å². The molecule has 0 aromatic heterocycles. The molecule has 0 saturated heterocycles. The van der Waals surface area contributed by atoms with Crippen LogP contribution in [0.5, 0.6) is 0 Å². The third-order valence-electron chi connectivity index (χ3n) is 1.96. The normalized spacial score (nSPS) is 17.4. The Hall–Kier alpha value is -0.200. The second kappa shape index (κ2) is 9.06. The number of methoxy groups -OCH3 is 1. The Balaban J connectivity index is 3.44. The van der Waals surface area contributed by atoms with E-state index in [1.807, 2.05) is 20.8 Å². The molecule has 0 aromatic rings. The third kappa shape index (κ3) is 8.77. The topological polar surface area (TPSA) is 62.9 Å². The zero-order valence-electron chi connectivity index (χ0n) is 10.1. The van der Waals surface area contributed by atoms with E-state index in [1.54, 1.807) is 7.11 Å². The van der Waals surface area contributed by atoms with Gasteiger partial charge in [-0.2, -0.15) is 0 Å². The summed E-state index contributed by atoms with van der Waals surface area (Å²) in [6, 6.07) is 0. The highest BCUT2D eigenvalue weighted by Crippen LogP contribution is 1.99. The fourth-order valence-corrected chi connectivity index (χ4v) is 0.899. The summed E-state index contributed by atoms with van der Waals surface area (Å²) < 4.78 is 16.0. The van der Waals surface area contributed by atoms with Crippen molar-refractivity contribution >= 4 is 0 Å². The average molecular weight is 221 g/mol. The summed E-state index contributed by atoms with van der Waals surface area (Å²) in [6.07, 6.45) is 0.140. The van der Waals surface area contributed by atoms with Crippen molar-refractivity contribution in [3.05, 3.63) is 0 Å². The fraction of sp³-hybridized carbons (Fsp3) is 1.00. The number of hydrogen-bond acceptors (Lipinski definition) is 5. The largest absolute Gasteiger partial charge is 0.379 e. The van der Waals surface area contributed by atoms with Crippen molar-refractivity contribution in [1.29, 1.82) is 0 Å². The molecule has 0 fully saturated rings. The summed E-state index contributed by atoms with van der Waals surface area (Å²) in [5.41, 5.74) is 0. The Labute approximate surface area is 91.8 Å². The lowest BCUT2D eigenvalue weighted by atomic mass is 10.4. The molecule has 0 aliphatic rings. The van der Waals surface area contributed by atoms with Crippen LogP contribution in [0.3, 0.4) is 0 Å². The predicted molar refractivity (Wildman–Crippen MR) is 57.4 cm³/mol. The summed E-state index contributed by atoms with van der Waals surface area (Å²) >= 11 is 0. The van der Waals surface area contributed by atoms with E-state index in [0.717, 1.165) is 0 Å². The molecule has 0 aliphatic heterocycles. The van der Waals surface area contributed by atoms with E-state index in [2.05, 4.69) is 4.84 Å². The first kappa shape index (κ1) is 14.8. The van der Waals surface area contributed by atoms with Gasteiger partial charge in [0.15, 0.2) is 0 Å². The van der Waals surface area contributed by atoms with Crippen molar-refractivity contribution in [2.45, 2.75) is 39.1 Å². The van der Waals surface area contributed by atoms with Crippen molar-refractivity contribution < 1.29 is 19.0 Å². The molecule has 0 aliphatic carbocycles. The Morgan fingerprint density at radius 2 is 1.33 bits per heavy atom. The van der Waals surface area contributed by atoms with E-state index in [9.17, 15) is 0 Å². The van der Waals surface area contributed by atoms with E-state index in [-0.39, 0.29) is 18.3 Å². The fourth-order valence-electron chi connectivity index (χ4n) is 0.899. The predicted octanol–water partition coefficient (Wildman–Crippen LogP) is 0.722. The molecular weight excluding hydrogens is 198 g/mol. The molecule has 0 aromatic carbocycles. The first-order valence-corrected chi connectivity index (χ1v) is 5.17. The van der Waals surface area contributed by atoms with Crippen LogP contribution in [0.4, 0.5) is 0 Å². The molecule has 0 saturated carbocycles. The van der Waals surface area contributed by atoms with E-state index in [0.29, 0.717) is 19.8 Å². The van der Waals surface area contributed by atoms with Gasteiger partial charge < -0.3 is 19.0 Å². The maximum Gasteiger partial charge on any atom is 0.0938 e. The summed E-state index contributed by atoms with van der Waals surface area (Å²) in [7, 11) is 1.66. The number of rotatable bonds is 9. The minimum absolute atomic E-state index is 0.0131. The summed E-state index contributed by atoms with van der Waals surface area (Å²) in [6.45, 7) is 7.30. The summed E-state index contributed by atoms with van der Waals surface area (Å²) in [5.74, 6) is 4.92. The Morgan fingerprint density at radius 1 is 0.867 bits per heavy atom. The molecule has 5 heteroatoms. The molecule has 0 radical (unpaired) electrons. The van der Waals surface area contributed by atoms with Gasteiger partial charge in [-0.25, -0.2) is 5.90 Å². The number of ether oxygens (including phenoxy) is 3. The molecule has 0 heterocycles. The van der Waals surface area contributed by atoms with Gasteiger partial charge in [0.05, 0.1) is 38.1 Å². The van der Waals surface area contributed by atoms with Crippen LogP contribution in [0, 0.1) is 0 Å². The summed E-state index contributed by atoms with van der Waals surface area (Å²) in [5, 5.41) is 0. The Bertz CT molecular complexity index is 145. The van der Waals surface area contributed by atoms with Crippen LogP contribution in [0.25, 0.3) is 0 Å². The first-order chi connectivity index (χ1) is 7.10. The van der Waals surface area contributed by atoms with Crippen LogP contribution in [0.2, 0.25) is 0 Å². The molecule has 92 valence electrons. The standard InChI is InChI=1S/C10H23NO4/c1-8(12-4)5-13-9(2)6-14-10(3)7-15-11/h8-10H,5-7,11H2,1-4H3. The average Bonchev–Trinajstić information content (AvgIpc) is 2.23. The smallest absolute Gasteiger partial charge is 0.0938 e. The molecule has 3 unspecified atom stereocenters. The van der Waals surface area contributed by atoms with E-state index >= 15 is 0 Å². The second-order valence-electron chi connectivity index (χ2n) is 3.67. The van der Waals surface area contributed by atoms with Crippen LogP contribution in [0.1, 0.15) is 20.8 Å². The molecular formula is C10H23NO4. The van der Waals surface area contributed by atoms with Gasteiger partial charge in [0.1, 0.15) is 0 Å². The Morgan fingerprint density at radius 3 is 1.80 bits per heavy atom. The van der Waals surface area contributed by atoms with Crippen LogP contribution in [0.15, 0.2) is 0 Å².